The number of ether oxygens (including phenoxy) is 2. The van der Waals surface area contributed by atoms with E-state index in [0.717, 1.165) is 0 Å². The maximum Gasteiger partial charge on any atom is 0.460 e. The Kier molecular flexibility index (Phi) is 9.06. The average molecular weight is 436 g/mol. The van der Waals surface area contributed by atoms with E-state index in [9.17, 15) is 20.1 Å². The summed E-state index contributed by atoms with van der Waals surface area (Å²) in [4.78, 5) is 19.3. The summed E-state index contributed by atoms with van der Waals surface area (Å²) in [6.45, 7) is 1.60. The first-order valence-electron chi connectivity index (χ1n) is 9.67. The molecule has 0 fully saturated rings. The highest BCUT2D eigenvalue weighted by molar-refractivity contribution is 6.53. The fourth-order valence-corrected chi connectivity index (χ4v) is 3.08. The van der Waals surface area contributed by atoms with E-state index in [1.807, 2.05) is 0 Å². The molecule has 1 aliphatic heterocycles. The Morgan fingerprint density at radius 1 is 1.32 bits per heavy atom. The lowest BCUT2D eigenvalue weighted by Gasteiger charge is -2.41. The van der Waals surface area contributed by atoms with Gasteiger partial charge in [0.1, 0.15) is 0 Å². The number of rotatable bonds is 11. The van der Waals surface area contributed by atoms with Gasteiger partial charge in [0.15, 0.2) is 11.5 Å². The van der Waals surface area contributed by atoms with Crippen LogP contribution in [-0.4, -0.2) is 108 Å². The van der Waals surface area contributed by atoms with E-state index in [-0.39, 0.29) is 38.9 Å². The van der Waals surface area contributed by atoms with Crippen LogP contribution < -0.4 is 15.2 Å². The summed E-state index contributed by atoms with van der Waals surface area (Å²) in [6, 6.07) is 4.35. The van der Waals surface area contributed by atoms with E-state index < -0.39 is 19.1 Å². The van der Waals surface area contributed by atoms with Crippen molar-refractivity contribution in [2.45, 2.75) is 13.0 Å². The third-order valence-electron chi connectivity index (χ3n) is 4.82. The van der Waals surface area contributed by atoms with Crippen LogP contribution in [0.4, 0.5) is 0 Å². The number of aliphatic carboxylic acids is 1. The summed E-state index contributed by atoms with van der Waals surface area (Å²) >= 11 is 0. The lowest BCUT2D eigenvalue weighted by atomic mass is 9.85. The largest absolute Gasteiger partial charge is 0.493 e. The molecule has 0 aromatic heterocycles. The van der Waals surface area contributed by atoms with E-state index in [1.165, 1.54) is 19.0 Å². The van der Waals surface area contributed by atoms with Crippen LogP contribution in [0.25, 0.3) is 0 Å². The van der Waals surface area contributed by atoms with Crippen LogP contribution in [0.3, 0.4) is 0 Å². The van der Waals surface area contributed by atoms with Gasteiger partial charge < -0.3 is 35.3 Å². The first-order chi connectivity index (χ1) is 14.9. The minimum atomic E-state index is -1.04. The third kappa shape index (κ3) is 6.07. The molecule has 5 N–H and O–H groups in total. The molecule has 1 atom stereocenters. The molecule has 1 heterocycles. The monoisotopic (exact) mass is 436 g/mol. The van der Waals surface area contributed by atoms with Gasteiger partial charge in [0.05, 0.1) is 46.4 Å². The second-order valence-electron chi connectivity index (χ2n) is 6.75. The lowest BCUT2D eigenvalue weighted by Crippen LogP contribution is -2.65. The zero-order valence-electron chi connectivity index (χ0n) is 17.9. The van der Waals surface area contributed by atoms with E-state index >= 15 is 0 Å². The minimum absolute atomic E-state index is 0.0462. The second kappa shape index (κ2) is 11.5. The zero-order chi connectivity index (χ0) is 23.0. The number of hydrogen-bond donors (Lipinski definition) is 4. The van der Waals surface area contributed by atoms with Crippen molar-refractivity contribution in [3.05, 3.63) is 23.8 Å². The molecular weight excluding hydrogens is 407 g/mol. The molecule has 170 valence electrons. The summed E-state index contributed by atoms with van der Waals surface area (Å²) in [5, 5.41) is 34.0. The fraction of sp³-hybridized carbons (Fsp3) is 0.500. The predicted octanol–water partition coefficient (Wildman–Crippen LogP) is -1.33. The molecule has 2 rings (SSSR count). The Labute approximate surface area is 181 Å². The van der Waals surface area contributed by atoms with Crippen LogP contribution >= 0.6 is 0 Å². The number of hydrogen-bond acceptors (Lipinski definition) is 11. The number of aliphatic hydroxyl groups is 2. The maximum atomic E-state index is 11.7. The van der Waals surface area contributed by atoms with E-state index in [2.05, 4.69) is 10.0 Å². The molecule has 1 aliphatic rings. The standard InChI is InChI=1S/C18H29BN6O6/c1-13(17(28)29)24-12-25(18(20)22-19(24)23(6-8-26)7-9-27)21-11-14-4-5-15(30-2)16(10-14)31-3/h4-5,10-11,13,26-27H,6-9,12H2,1-3H3,(H2,20,22)(H,28,29)/b21-11+. The first kappa shape index (κ1) is 24.4. The molecule has 12 nitrogen and oxygen atoms in total. The molecule has 0 bridgehead atoms. The number of guanidine groups is 1. The number of nitrogens with zero attached hydrogens (tertiary/aromatic N) is 5. The summed E-state index contributed by atoms with van der Waals surface area (Å²) in [5.74, 6) is 0.154. The summed E-state index contributed by atoms with van der Waals surface area (Å²) in [7, 11) is 2.31. The summed E-state index contributed by atoms with van der Waals surface area (Å²) in [6.07, 6.45) is 1.55. The van der Waals surface area contributed by atoms with Crippen LogP contribution in [0.5, 0.6) is 11.5 Å². The molecular formula is C18H29BN6O6. The van der Waals surface area contributed by atoms with Crippen molar-refractivity contribution in [1.82, 2.24) is 14.6 Å². The number of carbonyl (C=O) groups is 1. The highest BCUT2D eigenvalue weighted by Crippen LogP contribution is 2.27. The SMILES string of the molecule is COc1ccc(/C=N/N2CN(C(C)C(=O)O)B(N(CCO)CCO)N=C2N)cc1OC. The number of carboxylic acids is 1. The number of aliphatic hydroxyl groups excluding tert-OH is 2. The molecule has 0 saturated carbocycles. The van der Waals surface area contributed by atoms with Crippen molar-refractivity contribution < 1.29 is 29.6 Å². The molecule has 1 aromatic carbocycles. The van der Waals surface area contributed by atoms with Crippen LogP contribution in [-0.2, 0) is 4.79 Å². The number of carboxylic acid groups (broad SMARTS) is 1. The first-order valence-corrected chi connectivity index (χ1v) is 9.67. The van der Waals surface area contributed by atoms with Gasteiger partial charge >= 0.3 is 13.1 Å². The predicted molar refractivity (Wildman–Crippen MR) is 116 cm³/mol. The van der Waals surface area contributed by atoms with Gasteiger partial charge in [0.25, 0.3) is 0 Å². The Hall–Kier alpha value is -2.87. The normalized spacial score (nSPS) is 16.0. The van der Waals surface area contributed by atoms with Crippen molar-refractivity contribution in [3.63, 3.8) is 0 Å². The molecule has 31 heavy (non-hydrogen) atoms. The van der Waals surface area contributed by atoms with Gasteiger partial charge in [0.2, 0.25) is 5.96 Å². The molecule has 0 saturated heterocycles. The second-order valence-corrected chi connectivity index (χ2v) is 6.75. The molecule has 0 amide bonds. The van der Waals surface area contributed by atoms with Crippen molar-refractivity contribution in [3.8, 4) is 11.5 Å². The maximum absolute atomic E-state index is 11.7. The van der Waals surface area contributed by atoms with Gasteiger partial charge in [-0.05, 0) is 30.7 Å². The van der Waals surface area contributed by atoms with E-state index in [1.54, 1.807) is 41.1 Å². The van der Waals surface area contributed by atoms with Gasteiger partial charge in [-0.1, -0.05) is 0 Å². The molecule has 1 unspecified atom stereocenters. The van der Waals surface area contributed by atoms with Gasteiger partial charge in [-0.15, -0.1) is 0 Å². The summed E-state index contributed by atoms with van der Waals surface area (Å²) < 4.78 is 10.5. The zero-order valence-corrected chi connectivity index (χ0v) is 17.9. The highest BCUT2D eigenvalue weighted by Gasteiger charge is 2.41. The minimum Gasteiger partial charge on any atom is -0.493 e. The Morgan fingerprint density at radius 3 is 2.52 bits per heavy atom. The number of nitrogens with two attached hydrogens (primary N) is 1. The molecule has 0 radical (unpaired) electrons. The van der Waals surface area contributed by atoms with Crippen molar-refractivity contribution in [2.75, 3.05) is 47.2 Å². The third-order valence-corrected chi connectivity index (χ3v) is 4.82. The fourth-order valence-electron chi connectivity index (χ4n) is 3.08. The Bertz CT molecular complexity index is 804. The van der Waals surface area contributed by atoms with Crippen LogP contribution in [0.15, 0.2) is 28.2 Å². The quantitative estimate of drug-likeness (QED) is 0.242. The number of methoxy groups -OCH3 is 2. The Balaban J connectivity index is 2.32. The topological polar surface area (TPSA) is 157 Å². The van der Waals surface area contributed by atoms with Gasteiger partial charge in [-0.25, -0.2) is 5.01 Å². The number of benzene rings is 1. The number of hydrazone groups is 1. The Morgan fingerprint density at radius 2 is 1.97 bits per heavy atom. The molecule has 0 spiro atoms. The van der Waals surface area contributed by atoms with Crippen molar-refractivity contribution >= 4 is 25.3 Å². The molecule has 1 aromatic rings. The lowest BCUT2D eigenvalue weighted by molar-refractivity contribution is -0.141. The molecule has 13 heteroatoms. The van der Waals surface area contributed by atoms with Gasteiger partial charge in [0, 0.05) is 13.1 Å². The smallest absolute Gasteiger partial charge is 0.460 e. The van der Waals surface area contributed by atoms with E-state index in [4.69, 9.17) is 15.2 Å². The van der Waals surface area contributed by atoms with Crippen molar-refractivity contribution in [1.29, 1.82) is 0 Å². The van der Waals surface area contributed by atoms with Crippen LogP contribution in [0, 0.1) is 0 Å². The highest BCUT2D eigenvalue weighted by atomic mass is 16.5. The van der Waals surface area contributed by atoms with Crippen molar-refractivity contribution in [2.24, 2.45) is 15.7 Å². The average Bonchev–Trinajstić information content (AvgIpc) is 2.77. The van der Waals surface area contributed by atoms with Gasteiger partial charge in [-0.3, -0.25) is 14.5 Å². The van der Waals surface area contributed by atoms with E-state index in [0.29, 0.717) is 17.1 Å². The van der Waals surface area contributed by atoms with Gasteiger partial charge in [-0.2, -0.15) is 5.10 Å². The van der Waals surface area contributed by atoms with Crippen LogP contribution in [0.1, 0.15) is 12.5 Å². The molecule has 0 aliphatic carbocycles. The van der Waals surface area contributed by atoms with Crippen LogP contribution in [0.2, 0.25) is 0 Å². The summed E-state index contributed by atoms with van der Waals surface area (Å²) in [5.41, 5.74) is 6.81.